The van der Waals surface area contributed by atoms with Crippen molar-refractivity contribution in [1.82, 2.24) is 0 Å². The average Bonchev–Trinajstić information content (AvgIpc) is 3.26. The lowest BCUT2D eigenvalue weighted by atomic mass is 9.94. The van der Waals surface area contributed by atoms with E-state index >= 15 is 0 Å². The standard InChI is InChI=1S/C54H35N/c1-2-12-40-32-42(24-20-36(40)10-1)41-13-9-14-45(33-41)55(46-30-31-52-50-18-6-5-16-48(50)49-17-7-8-19-51(49)54(52)35-46)44-28-26-37(27-29-44)43-25-23-39-22-21-38-11-3-4-15-47(38)53(39)34-43/h1-35H. The van der Waals surface area contributed by atoms with Gasteiger partial charge in [-0.3, -0.25) is 0 Å². The minimum Gasteiger partial charge on any atom is -0.310 e. The third-order valence-corrected chi connectivity index (χ3v) is 11.4. The summed E-state index contributed by atoms with van der Waals surface area (Å²) in [5, 5.41) is 15.2. The Hall–Kier alpha value is -7.22. The summed E-state index contributed by atoms with van der Waals surface area (Å²) in [6.45, 7) is 0. The lowest BCUT2D eigenvalue weighted by Crippen LogP contribution is -2.10. The van der Waals surface area contributed by atoms with Gasteiger partial charge in [-0.25, -0.2) is 0 Å². The summed E-state index contributed by atoms with van der Waals surface area (Å²) >= 11 is 0. The van der Waals surface area contributed by atoms with Crippen molar-refractivity contribution in [3.63, 3.8) is 0 Å². The van der Waals surface area contributed by atoms with Gasteiger partial charge in [0.05, 0.1) is 0 Å². The summed E-state index contributed by atoms with van der Waals surface area (Å²) in [5.74, 6) is 0. The molecule has 0 atom stereocenters. The predicted molar refractivity (Wildman–Crippen MR) is 237 cm³/mol. The van der Waals surface area contributed by atoms with E-state index in [9.17, 15) is 0 Å². The number of fused-ring (bicyclic) bond motifs is 10. The second kappa shape index (κ2) is 12.7. The summed E-state index contributed by atoms with van der Waals surface area (Å²) in [6.07, 6.45) is 0. The first-order chi connectivity index (χ1) is 27.2. The molecule has 0 spiro atoms. The number of hydrogen-bond donors (Lipinski definition) is 0. The summed E-state index contributed by atoms with van der Waals surface area (Å²) in [5.41, 5.74) is 8.13. The molecule has 0 saturated heterocycles. The minimum absolute atomic E-state index is 1.11. The molecule has 0 unspecified atom stereocenters. The molecule has 0 N–H and O–H groups in total. The first-order valence-electron chi connectivity index (χ1n) is 19.0. The molecule has 0 bridgehead atoms. The van der Waals surface area contributed by atoms with Crippen LogP contribution in [0.15, 0.2) is 212 Å². The summed E-state index contributed by atoms with van der Waals surface area (Å²) in [6, 6.07) is 77.9. The van der Waals surface area contributed by atoms with Crippen LogP contribution in [-0.4, -0.2) is 0 Å². The number of benzene rings is 11. The summed E-state index contributed by atoms with van der Waals surface area (Å²) in [4.78, 5) is 2.41. The fraction of sp³-hybridized carbons (Fsp3) is 0. The minimum atomic E-state index is 1.11. The molecule has 1 nitrogen and oxygen atoms in total. The molecule has 11 rings (SSSR count). The molecule has 55 heavy (non-hydrogen) atoms. The highest BCUT2D eigenvalue weighted by atomic mass is 15.1. The van der Waals surface area contributed by atoms with Gasteiger partial charge in [-0.15, -0.1) is 0 Å². The van der Waals surface area contributed by atoms with E-state index in [0.29, 0.717) is 0 Å². The average molecular weight is 698 g/mol. The van der Waals surface area contributed by atoms with Gasteiger partial charge in [-0.2, -0.15) is 0 Å². The molecule has 0 heterocycles. The largest absolute Gasteiger partial charge is 0.310 e. The molecule has 1 heteroatoms. The molecule has 11 aromatic rings. The van der Waals surface area contributed by atoms with Gasteiger partial charge in [0.1, 0.15) is 0 Å². The van der Waals surface area contributed by atoms with Crippen LogP contribution >= 0.6 is 0 Å². The Morgan fingerprint density at radius 2 is 0.673 bits per heavy atom. The van der Waals surface area contributed by atoms with Crippen molar-refractivity contribution in [2.24, 2.45) is 0 Å². The van der Waals surface area contributed by atoms with Crippen molar-refractivity contribution in [3.8, 4) is 22.3 Å². The zero-order chi connectivity index (χ0) is 36.3. The van der Waals surface area contributed by atoms with Crippen LogP contribution in [0.3, 0.4) is 0 Å². The second-order valence-electron chi connectivity index (χ2n) is 14.5. The van der Waals surface area contributed by atoms with Crippen LogP contribution < -0.4 is 4.90 Å². The van der Waals surface area contributed by atoms with E-state index < -0.39 is 0 Å². The molecule has 0 aliphatic heterocycles. The fourth-order valence-electron chi connectivity index (χ4n) is 8.66. The molecule has 0 saturated carbocycles. The zero-order valence-electron chi connectivity index (χ0n) is 30.2. The quantitative estimate of drug-likeness (QED) is 0.162. The van der Waals surface area contributed by atoms with Gasteiger partial charge < -0.3 is 4.90 Å². The number of hydrogen-bond acceptors (Lipinski definition) is 1. The molecule has 256 valence electrons. The smallest absolute Gasteiger partial charge is 0.0468 e. The van der Waals surface area contributed by atoms with Gasteiger partial charge in [0.25, 0.3) is 0 Å². The van der Waals surface area contributed by atoms with Crippen molar-refractivity contribution < 1.29 is 0 Å². The monoisotopic (exact) mass is 697 g/mol. The molecule has 0 aromatic heterocycles. The van der Waals surface area contributed by atoms with Crippen LogP contribution in [0.1, 0.15) is 0 Å². The SMILES string of the molecule is c1cc(-c2ccc3ccccc3c2)cc(N(c2ccc(-c3ccc4ccc5ccccc5c4c3)cc2)c2ccc3c4ccccc4c4ccccc4c3c2)c1. The van der Waals surface area contributed by atoms with E-state index in [1.807, 2.05) is 0 Å². The third kappa shape index (κ3) is 5.32. The van der Waals surface area contributed by atoms with E-state index in [1.54, 1.807) is 0 Å². The maximum atomic E-state index is 2.41. The topological polar surface area (TPSA) is 3.24 Å². The van der Waals surface area contributed by atoms with Crippen LogP contribution in [0.4, 0.5) is 17.1 Å². The molecule has 0 radical (unpaired) electrons. The van der Waals surface area contributed by atoms with Crippen LogP contribution in [-0.2, 0) is 0 Å². The maximum Gasteiger partial charge on any atom is 0.0468 e. The van der Waals surface area contributed by atoms with Crippen LogP contribution in [0.5, 0.6) is 0 Å². The fourth-order valence-corrected chi connectivity index (χ4v) is 8.66. The van der Waals surface area contributed by atoms with Crippen molar-refractivity contribution in [2.75, 3.05) is 4.90 Å². The molecule has 0 amide bonds. The van der Waals surface area contributed by atoms with E-state index in [1.165, 1.54) is 86.9 Å². The van der Waals surface area contributed by atoms with Gasteiger partial charge in [-0.05, 0) is 135 Å². The van der Waals surface area contributed by atoms with Crippen molar-refractivity contribution in [3.05, 3.63) is 212 Å². The van der Waals surface area contributed by atoms with Gasteiger partial charge in [0.2, 0.25) is 0 Å². The maximum absolute atomic E-state index is 2.41. The van der Waals surface area contributed by atoms with Crippen LogP contribution in [0, 0.1) is 0 Å². The summed E-state index contributed by atoms with van der Waals surface area (Å²) < 4.78 is 0. The third-order valence-electron chi connectivity index (χ3n) is 11.4. The van der Waals surface area contributed by atoms with E-state index in [4.69, 9.17) is 0 Å². The predicted octanol–water partition coefficient (Wildman–Crippen LogP) is 15.4. The Bertz CT molecular complexity index is 3230. The van der Waals surface area contributed by atoms with E-state index in [2.05, 4.69) is 217 Å². The van der Waals surface area contributed by atoms with Gasteiger partial charge in [0.15, 0.2) is 0 Å². The Balaban J connectivity index is 1.08. The molecular formula is C54H35N. The van der Waals surface area contributed by atoms with E-state index in [0.717, 1.165) is 17.1 Å². The van der Waals surface area contributed by atoms with Gasteiger partial charge >= 0.3 is 0 Å². The highest BCUT2D eigenvalue weighted by Gasteiger charge is 2.17. The molecule has 11 aromatic carbocycles. The first-order valence-corrected chi connectivity index (χ1v) is 19.0. The first kappa shape index (κ1) is 31.3. The molecule has 0 aliphatic carbocycles. The number of nitrogens with zero attached hydrogens (tertiary/aromatic N) is 1. The highest BCUT2D eigenvalue weighted by molar-refractivity contribution is 6.25. The van der Waals surface area contributed by atoms with Crippen molar-refractivity contribution in [2.45, 2.75) is 0 Å². The Morgan fingerprint density at radius 3 is 1.40 bits per heavy atom. The molecule has 0 fully saturated rings. The zero-order valence-corrected chi connectivity index (χ0v) is 30.2. The van der Waals surface area contributed by atoms with Crippen molar-refractivity contribution >= 4 is 81.7 Å². The number of rotatable bonds is 5. The van der Waals surface area contributed by atoms with E-state index in [-0.39, 0.29) is 0 Å². The Morgan fingerprint density at radius 1 is 0.200 bits per heavy atom. The van der Waals surface area contributed by atoms with Gasteiger partial charge in [0, 0.05) is 17.1 Å². The lowest BCUT2D eigenvalue weighted by Gasteiger charge is -2.27. The lowest BCUT2D eigenvalue weighted by molar-refractivity contribution is 1.29. The van der Waals surface area contributed by atoms with Gasteiger partial charge in [-0.1, -0.05) is 164 Å². The highest BCUT2D eigenvalue weighted by Crippen LogP contribution is 2.42. The Kier molecular flexibility index (Phi) is 7.25. The normalized spacial score (nSPS) is 11.6. The number of anilines is 3. The molecular weight excluding hydrogens is 663 g/mol. The second-order valence-corrected chi connectivity index (χ2v) is 14.5. The van der Waals surface area contributed by atoms with Crippen molar-refractivity contribution in [1.29, 1.82) is 0 Å². The van der Waals surface area contributed by atoms with Crippen LogP contribution in [0.2, 0.25) is 0 Å². The van der Waals surface area contributed by atoms with Crippen LogP contribution in [0.25, 0.3) is 86.9 Å². The Labute approximate surface area is 320 Å². The summed E-state index contributed by atoms with van der Waals surface area (Å²) in [7, 11) is 0. The molecule has 0 aliphatic rings.